The van der Waals surface area contributed by atoms with Gasteiger partial charge in [-0.1, -0.05) is 20.8 Å². The molecule has 1 unspecified atom stereocenters. The molecule has 0 saturated heterocycles. The molecule has 0 aliphatic rings. The van der Waals surface area contributed by atoms with Crippen molar-refractivity contribution in [1.29, 1.82) is 0 Å². The molecule has 1 aromatic heterocycles. The van der Waals surface area contributed by atoms with Crippen molar-refractivity contribution in [3.63, 3.8) is 0 Å². The molecule has 0 saturated carbocycles. The minimum absolute atomic E-state index is 0.0314. The Kier molecular flexibility index (Phi) is 6.21. The molecule has 106 valence electrons. The van der Waals surface area contributed by atoms with Crippen molar-refractivity contribution in [1.82, 2.24) is 15.3 Å². The number of hydrogen-bond acceptors (Lipinski definition) is 5. The van der Waals surface area contributed by atoms with E-state index in [1.54, 1.807) is 12.4 Å². The topological polar surface area (TPSA) is 87.1 Å². The van der Waals surface area contributed by atoms with Crippen LogP contribution in [0.1, 0.15) is 32.8 Å². The molecule has 1 heterocycles. The third kappa shape index (κ3) is 5.21. The number of carbonyl (C=O) groups is 1. The number of anilines is 1. The minimum Gasteiger partial charge on any atom is -0.480 e. The number of carboxylic acid groups (broad SMARTS) is 1. The Labute approximate surface area is 113 Å². The number of rotatable bonds is 8. The second-order valence-corrected chi connectivity index (χ2v) is 4.78. The van der Waals surface area contributed by atoms with Crippen LogP contribution < -0.4 is 10.6 Å². The normalized spacial score (nSPS) is 12.4. The number of hydrogen-bond donors (Lipinski definition) is 3. The zero-order chi connectivity index (χ0) is 14.3. The van der Waals surface area contributed by atoms with E-state index in [0.29, 0.717) is 12.5 Å². The number of nitrogens with zero attached hydrogens (tertiary/aromatic N) is 2. The van der Waals surface area contributed by atoms with Gasteiger partial charge in [-0.25, -0.2) is 9.97 Å². The van der Waals surface area contributed by atoms with E-state index < -0.39 is 12.0 Å². The predicted molar refractivity (Wildman–Crippen MR) is 73.9 cm³/mol. The molecule has 1 rings (SSSR count). The molecule has 0 amide bonds. The Morgan fingerprint density at radius 1 is 1.37 bits per heavy atom. The Bertz CT molecular complexity index is 392. The Hall–Kier alpha value is -1.69. The second kappa shape index (κ2) is 7.68. The van der Waals surface area contributed by atoms with Crippen LogP contribution in [0.2, 0.25) is 0 Å². The summed E-state index contributed by atoms with van der Waals surface area (Å²) in [6.07, 6.45) is 4.43. The van der Waals surface area contributed by atoms with Crippen molar-refractivity contribution in [2.45, 2.75) is 39.8 Å². The summed E-state index contributed by atoms with van der Waals surface area (Å²) in [5, 5.41) is 15.1. The lowest BCUT2D eigenvalue weighted by Crippen LogP contribution is -2.40. The third-order valence-electron chi connectivity index (χ3n) is 2.70. The van der Waals surface area contributed by atoms with E-state index >= 15 is 0 Å². The molecule has 19 heavy (non-hydrogen) atoms. The molecule has 0 aliphatic carbocycles. The number of carboxylic acids is 1. The number of aromatic nitrogens is 2. The highest BCUT2D eigenvalue weighted by Crippen LogP contribution is 2.05. The first-order valence-corrected chi connectivity index (χ1v) is 6.55. The summed E-state index contributed by atoms with van der Waals surface area (Å²) in [6.45, 7) is 7.11. The average molecular weight is 266 g/mol. The van der Waals surface area contributed by atoms with Gasteiger partial charge in [-0.15, -0.1) is 0 Å². The molecule has 6 nitrogen and oxygen atoms in total. The van der Waals surface area contributed by atoms with E-state index in [0.717, 1.165) is 18.5 Å². The van der Waals surface area contributed by atoms with Crippen LogP contribution in [0, 0.1) is 5.92 Å². The highest BCUT2D eigenvalue weighted by atomic mass is 16.4. The first-order valence-electron chi connectivity index (χ1n) is 6.55. The highest BCUT2D eigenvalue weighted by molar-refractivity contribution is 5.73. The SMILES string of the molecule is CCCNc1ncc(CNC(C(=O)O)C(C)C)cn1. The van der Waals surface area contributed by atoms with Gasteiger partial charge in [0.25, 0.3) is 0 Å². The van der Waals surface area contributed by atoms with Crippen LogP contribution in [-0.4, -0.2) is 33.6 Å². The van der Waals surface area contributed by atoms with Gasteiger partial charge in [-0.3, -0.25) is 10.1 Å². The van der Waals surface area contributed by atoms with Crippen molar-refractivity contribution in [2.75, 3.05) is 11.9 Å². The van der Waals surface area contributed by atoms with Gasteiger partial charge in [-0.05, 0) is 12.3 Å². The van der Waals surface area contributed by atoms with Gasteiger partial charge in [0.2, 0.25) is 5.95 Å². The van der Waals surface area contributed by atoms with Gasteiger partial charge in [0.1, 0.15) is 6.04 Å². The molecule has 0 fully saturated rings. The van der Waals surface area contributed by atoms with Crippen LogP contribution in [0.25, 0.3) is 0 Å². The van der Waals surface area contributed by atoms with E-state index in [9.17, 15) is 4.79 Å². The first-order chi connectivity index (χ1) is 9.04. The zero-order valence-corrected chi connectivity index (χ0v) is 11.7. The molecule has 3 N–H and O–H groups in total. The Morgan fingerprint density at radius 2 is 2.00 bits per heavy atom. The van der Waals surface area contributed by atoms with Crippen LogP contribution in [0.15, 0.2) is 12.4 Å². The van der Waals surface area contributed by atoms with Crippen molar-refractivity contribution in [2.24, 2.45) is 5.92 Å². The molecular formula is C13H22N4O2. The summed E-state index contributed by atoms with van der Waals surface area (Å²) in [5.41, 5.74) is 0.869. The minimum atomic E-state index is -0.836. The van der Waals surface area contributed by atoms with Crippen molar-refractivity contribution < 1.29 is 9.90 Å². The summed E-state index contributed by atoms with van der Waals surface area (Å²) in [6, 6.07) is -0.558. The summed E-state index contributed by atoms with van der Waals surface area (Å²) >= 11 is 0. The molecule has 0 aliphatic heterocycles. The van der Waals surface area contributed by atoms with Gasteiger partial charge in [0, 0.05) is 31.0 Å². The lowest BCUT2D eigenvalue weighted by Gasteiger charge is -2.17. The van der Waals surface area contributed by atoms with E-state index in [4.69, 9.17) is 5.11 Å². The van der Waals surface area contributed by atoms with Crippen LogP contribution in [0.3, 0.4) is 0 Å². The Morgan fingerprint density at radius 3 is 2.47 bits per heavy atom. The monoisotopic (exact) mass is 266 g/mol. The molecule has 0 radical (unpaired) electrons. The number of nitrogens with one attached hydrogen (secondary N) is 2. The standard InChI is InChI=1S/C13H22N4O2/c1-4-5-14-13-16-7-10(8-17-13)6-15-11(9(2)3)12(18)19/h7-9,11,15H,4-6H2,1-3H3,(H,18,19)(H,14,16,17). The molecule has 0 bridgehead atoms. The fourth-order valence-electron chi connectivity index (χ4n) is 1.61. The molecular weight excluding hydrogens is 244 g/mol. The van der Waals surface area contributed by atoms with Gasteiger partial charge in [-0.2, -0.15) is 0 Å². The van der Waals surface area contributed by atoms with Crippen molar-refractivity contribution >= 4 is 11.9 Å². The summed E-state index contributed by atoms with van der Waals surface area (Å²) in [7, 11) is 0. The fourth-order valence-corrected chi connectivity index (χ4v) is 1.61. The zero-order valence-electron chi connectivity index (χ0n) is 11.7. The van der Waals surface area contributed by atoms with Crippen LogP contribution >= 0.6 is 0 Å². The smallest absolute Gasteiger partial charge is 0.320 e. The Balaban J connectivity index is 2.51. The first kappa shape index (κ1) is 15.4. The fraction of sp³-hybridized carbons (Fsp3) is 0.615. The molecule has 0 spiro atoms. The van der Waals surface area contributed by atoms with Gasteiger partial charge in [0.05, 0.1) is 0 Å². The van der Waals surface area contributed by atoms with Crippen molar-refractivity contribution in [3.05, 3.63) is 18.0 Å². The van der Waals surface area contributed by atoms with Gasteiger partial charge in [0.15, 0.2) is 0 Å². The van der Waals surface area contributed by atoms with Crippen LogP contribution in [0.5, 0.6) is 0 Å². The summed E-state index contributed by atoms with van der Waals surface area (Å²) in [5.74, 6) is -0.203. The van der Waals surface area contributed by atoms with E-state index in [1.807, 2.05) is 13.8 Å². The molecule has 0 aromatic carbocycles. The molecule has 1 aromatic rings. The quantitative estimate of drug-likeness (QED) is 0.661. The highest BCUT2D eigenvalue weighted by Gasteiger charge is 2.20. The van der Waals surface area contributed by atoms with Crippen LogP contribution in [-0.2, 0) is 11.3 Å². The molecule has 1 atom stereocenters. The molecule has 6 heteroatoms. The maximum absolute atomic E-state index is 11.0. The average Bonchev–Trinajstić information content (AvgIpc) is 2.37. The largest absolute Gasteiger partial charge is 0.480 e. The van der Waals surface area contributed by atoms with Gasteiger partial charge >= 0.3 is 5.97 Å². The van der Waals surface area contributed by atoms with E-state index in [1.165, 1.54) is 0 Å². The maximum Gasteiger partial charge on any atom is 0.320 e. The predicted octanol–water partition coefficient (Wildman–Crippen LogP) is 1.50. The third-order valence-corrected chi connectivity index (χ3v) is 2.70. The van der Waals surface area contributed by atoms with Crippen LogP contribution in [0.4, 0.5) is 5.95 Å². The number of aliphatic carboxylic acids is 1. The van der Waals surface area contributed by atoms with Gasteiger partial charge < -0.3 is 10.4 Å². The maximum atomic E-state index is 11.0. The second-order valence-electron chi connectivity index (χ2n) is 4.78. The lowest BCUT2D eigenvalue weighted by molar-refractivity contribution is -0.140. The lowest BCUT2D eigenvalue weighted by atomic mass is 10.0. The summed E-state index contributed by atoms with van der Waals surface area (Å²) in [4.78, 5) is 19.4. The van der Waals surface area contributed by atoms with Crippen molar-refractivity contribution in [3.8, 4) is 0 Å². The van der Waals surface area contributed by atoms with E-state index in [2.05, 4.69) is 27.5 Å². The van der Waals surface area contributed by atoms with E-state index in [-0.39, 0.29) is 5.92 Å². The summed E-state index contributed by atoms with van der Waals surface area (Å²) < 4.78 is 0.